The number of hydrogen-bond acceptors (Lipinski definition) is 2. The van der Waals surface area contributed by atoms with Gasteiger partial charge in [-0.3, -0.25) is 0 Å². The van der Waals surface area contributed by atoms with E-state index in [1.54, 1.807) is 0 Å². The Labute approximate surface area is 82.0 Å². The molecule has 1 rings (SSSR count). The molecule has 2 heteroatoms. The second-order valence-corrected chi connectivity index (χ2v) is 4.89. The van der Waals surface area contributed by atoms with Crippen LogP contribution in [0.4, 0.5) is 0 Å². The average Bonchev–Trinajstić information content (AvgIpc) is 2.04. The van der Waals surface area contributed by atoms with E-state index in [1.165, 1.54) is 25.7 Å². The van der Waals surface area contributed by atoms with Crippen LogP contribution in [0.3, 0.4) is 0 Å². The number of hydrogen-bond donors (Lipinski definition) is 1. The third-order valence-electron chi connectivity index (χ3n) is 2.71. The maximum atomic E-state index is 5.73. The van der Waals surface area contributed by atoms with Crippen LogP contribution in [-0.4, -0.2) is 26.3 Å². The van der Waals surface area contributed by atoms with Gasteiger partial charge in [0.1, 0.15) is 0 Å². The predicted molar refractivity (Wildman–Crippen MR) is 55.9 cm³/mol. The lowest BCUT2D eigenvalue weighted by Gasteiger charge is -2.31. The van der Waals surface area contributed by atoms with Crippen molar-refractivity contribution in [1.82, 2.24) is 5.32 Å². The maximum absolute atomic E-state index is 5.73. The Morgan fingerprint density at radius 2 is 2.15 bits per heavy atom. The normalized spacial score (nSPS) is 24.7. The molecular formula is C11H23NO. The molecule has 0 spiro atoms. The molecule has 0 saturated carbocycles. The van der Waals surface area contributed by atoms with E-state index in [0.717, 1.165) is 13.2 Å². The van der Waals surface area contributed by atoms with Crippen LogP contribution in [0.1, 0.15) is 39.5 Å². The van der Waals surface area contributed by atoms with Crippen molar-refractivity contribution >= 4 is 0 Å². The van der Waals surface area contributed by atoms with E-state index in [9.17, 15) is 0 Å². The van der Waals surface area contributed by atoms with Crippen molar-refractivity contribution in [2.75, 3.05) is 20.2 Å². The highest BCUT2D eigenvalue weighted by Gasteiger charge is 2.24. The zero-order valence-corrected chi connectivity index (χ0v) is 9.23. The Morgan fingerprint density at radius 1 is 1.38 bits per heavy atom. The molecule has 78 valence electrons. The van der Waals surface area contributed by atoms with Gasteiger partial charge in [-0.05, 0) is 38.1 Å². The Balaban J connectivity index is 2.28. The van der Waals surface area contributed by atoms with Gasteiger partial charge in [0.2, 0.25) is 0 Å². The highest BCUT2D eigenvalue weighted by molar-refractivity contribution is 4.77. The van der Waals surface area contributed by atoms with Crippen LogP contribution >= 0.6 is 0 Å². The Kier molecular flexibility index (Phi) is 4.20. The number of rotatable bonds is 4. The summed E-state index contributed by atoms with van der Waals surface area (Å²) < 4.78 is 5.73. The summed E-state index contributed by atoms with van der Waals surface area (Å²) >= 11 is 0. The Bertz CT molecular complexity index is 139. The van der Waals surface area contributed by atoms with E-state index in [0.29, 0.717) is 11.5 Å². The van der Waals surface area contributed by atoms with Gasteiger partial charge in [0.05, 0.1) is 6.10 Å². The van der Waals surface area contributed by atoms with E-state index in [-0.39, 0.29) is 0 Å². The van der Waals surface area contributed by atoms with Crippen molar-refractivity contribution < 1.29 is 4.74 Å². The molecule has 1 fully saturated rings. The number of nitrogens with one attached hydrogen (secondary N) is 1. The van der Waals surface area contributed by atoms with Crippen LogP contribution in [-0.2, 0) is 4.74 Å². The molecule has 0 aromatic rings. The lowest BCUT2D eigenvalue weighted by Crippen LogP contribution is -2.33. The first kappa shape index (κ1) is 11.0. The first-order valence-electron chi connectivity index (χ1n) is 5.40. The smallest absolute Gasteiger partial charge is 0.0580 e. The van der Waals surface area contributed by atoms with Crippen LogP contribution in [0, 0.1) is 5.41 Å². The van der Waals surface area contributed by atoms with Crippen molar-refractivity contribution in [3.63, 3.8) is 0 Å². The van der Waals surface area contributed by atoms with Crippen molar-refractivity contribution in [3.8, 4) is 0 Å². The van der Waals surface area contributed by atoms with Gasteiger partial charge in [-0.1, -0.05) is 13.8 Å². The van der Waals surface area contributed by atoms with Crippen molar-refractivity contribution in [1.29, 1.82) is 0 Å². The fourth-order valence-electron chi connectivity index (χ4n) is 2.14. The molecule has 0 aromatic carbocycles. The third kappa shape index (κ3) is 4.10. The molecule has 1 atom stereocenters. The average molecular weight is 185 g/mol. The molecule has 0 aliphatic carbocycles. The van der Waals surface area contributed by atoms with Gasteiger partial charge in [0, 0.05) is 13.2 Å². The lowest BCUT2D eigenvalue weighted by molar-refractivity contribution is -0.00930. The number of ether oxygens (including phenoxy) is 1. The third-order valence-corrected chi connectivity index (χ3v) is 2.71. The summed E-state index contributed by atoms with van der Waals surface area (Å²) in [6.45, 7) is 6.66. The predicted octanol–water partition coefficient (Wildman–Crippen LogP) is 2.19. The quantitative estimate of drug-likeness (QED) is 0.725. The van der Waals surface area contributed by atoms with Crippen molar-refractivity contribution in [2.24, 2.45) is 5.41 Å². The fraction of sp³-hybridized carbons (Fsp3) is 1.00. The lowest BCUT2D eigenvalue weighted by atomic mass is 9.84. The zero-order chi connectivity index (χ0) is 9.73. The van der Waals surface area contributed by atoms with Gasteiger partial charge < -0.3 is 10.1 Å². The van der Waals surface area contributed by atoms with Crippen molar-refractivity contribution in [2.45, 2.75) is 45.6 Å². The summed E-state index contributed by atoms with van der Waals surface area (Å²) in [6, 6.07) is 0. The van der Waals surface area contributed by atoms with Crippen LogP contribution in [0.25, 0.3) is 0 Å². The molecule has 0 radical (unpaired) electrons. The Hall–Kier alpha value is -0.0800. The highest BCUT2D eigenvalue weighted by Crippen LogP contribution is 2.27. The van der Waals surface area contributed by atoms with Gasteiger partial charge >= 0.3 is 0 Å². The molecular weight excluding hydrogens is 162 g/mol. The SMILES string of the molecule is CNCC(C)(C)C[C@@H]1CCCCO1. The van der Waals surface area contributed by atoms with E-state index in [1.807, 2.05) is 7.05 Å². The van der Waals surface area contributed by atoms with Crippen molar-refractivity contribution in [3.05, 3.63) is 0 Å². The van der Waals surface area contributed by atoms with E-state index >= 15 is 0 Å². The van der Waals surface area contributed by atoms with E-state index in [2.05, 4.69) is 19.2 Å². The summed E-state index contributed by atoms with van der Waals surface area (Å²) in [7, 11) is 2.02. The van der Waals surface area contributed by atoms with Gasteiger partial charge in [0.25, 0.3) is 0 Å². The molecule has 1 N–H and O–H groups in total. The molecule has 2 nitrogen and oxygen atoms in total. The van der Waals surface area contributed by atoms with Gasteiger partial charge in [-0.2, -0.15) is 0 Å². The summed E-state index contributed by atoms with van der Waals surface area (Å²) in [4.78, 5) is 0. The molecule has 1 saturated heterocycles. The molecule has 0 unspecified atom stereocenters. The maximum Gasteiger partial charge on any atom is 0.0580 e. The summed E-state index contributed by atoms with van der Waals surface area (Å²) in [5, 5.41) is 3.24. The summed E-state index contributed by atoms with van der Waals surface area (Å²) in [5.74, 6) is 0. The molecule has 1 aliphatic rings. The molecule has 0 aromatic heterocycles. The summed E-state index contributed by atoms with van der Waals surface area (Å²) in [5.41, 5.74) is 0.372. The standard InChI is InChI=1S/C11H23NO/c1-11(2,9-12-3)8-10-6-4-5-7-13-10/h10,12H,4-9H2,1-3H3/t10-/m0/s1. The first-order valence-corrected chi connectivity index (χ1v) is 5.40. The summed E-state index contributed by atoms with van der Waals surface area (Å²) in [6.07, 6.45) is 5.56. The van der Waals surface area contributed by atoms with Gasteiger partial charge in [-0.15, -0.1) is 0 Å². The minimum Gasteiger partial charge on any atom is -0.378 e. The van der Waals surface area contributed by atoms with Crippen LogP contribution < -0.4 is 5.32 Å². The monoisotopic (exact) mass is 185 g/mol. The van der Waals surface area contributed by atoms with Crippen LogP contribution in [0.5, 0.6) is 0 Å². The van der Waals surface area contributed by atoms with E-state index < -0.39 is 0 Å². The largest absolute Gasteiger partial charge is 0.378 e. The highest BCUT2D eigenvalue weighted by atomic mass is 16.5. The van der Waals surface area contributed by atoms with E-state index in [4.69, 9.17) is 4.74 Å². The molecule has 0 bridgehead atoms. The second kappa shape index (κ2) is 4.97. The first-order chi connectivity index (χ1) is 6.14. The molecule has 0 amide bonds. The Morgan fingerprint density at radius 3 is 2.69 bits per heavy atom. The van der Waals surface area contributed by atoms with Crippen LogP contribution in [0.2, 0.25) is 0 Å². The van der Waals surface area contributed by atoms with Crippen LogP contribution in [0.15, 0.2) is 0 Å². The topological polar surface area (TPSA) is 21.3 Å². The fourth-order valence-corrected chi connectivity index (χ4v) is 2.14. The molecule has 13 heavy (non-hydrogen) atoms. The zero-order valence-electron chi connectivity index (χ0n) is 9.23. The van der Waals surface area contributed by atoms with Gasteiger partial charge in [0.15, 0.2) is 0 Å². The minimum absolute atomic E-state index is 0.372. The molecule has 1 heterocycles. The minimum atomic E-state index is 0.372. The molecule has 1 aliphatic heterocycles. The second-order valence-electron chi connectivity index (χ2n) is 4.89. The van der Waals surface area contributed by atoms with Gasteiger partial charge in [-0.25, -0.2) is 0 Å².